The molecule has 1 atom stereocenters. The molecule has 0 radical (unpaired) electrons. The van der Waals surface area contributed by atoms with Crippen LogP contribution in [0.25, 0.3) is 0 Å². The molecule has 0 spiro atoms. The summed E-state index contributed by atoms with van der Waals surface area (Å²) in [6.45, 7) is 4.38. The Bertz CT molecular complexity index is 472. The van der Waals surface area contributed by atoms with Crippen molar-refractivity contribution in [3.8, 4) is 5.75 Å². The molecule has 104 valence electrons. The molecule has 0 fully saturated rings. The van der Waals surface area contributed by atoms with Crippen LogP contribution in [-0.2, 0) is 0 Å². The van der Waals surface area contributed by atoms with Crippen molar-refractivity contribution in [2.24, 2.45) is 5.92 Å². The Morgan fingerprint density at radius 3 is 2.74 bits per heavy atom. The van der Waals surface area contributed by atoms with Crippen molar-refractivity contribution in [2.75, 3.05) is 6.61 Å². The molecule has 1 aromatic carbocycles. The molecule has 0 saturated carbocycles. The molecule has 6 heteroatoms. The monoisotopic (exact) mass is 267 g/mol. The number of hydrogen-bond acceptors (Lipinski definition) is 4. The van der Waals surface area contributed by atoms with E-state index in [0.29, 0.717) is 6.61 Å². The minimum absolute atomic E-state index is 0.0460. The minimum Gasteiger partial charge on any atom is -0.492 e. The Hall–Kier alpha value is -2.11. The van der Waals surface area contributed by atoms with Crippen LogP contribution in [0.1, 0.15) is 37.0 Å². The predicted molar refractivity (Wildman–Crippen MR) is 69.6 cm³/mol. The van der Waals surface area contributed by atoms with Crippen LogP contribution in [0, 0.1) is 16.0 Å². The molecule has 0 aliphatic carbocycles. The molecule has 19 heavy (non-hydrogen) atoms. The minimum atomic E-state index is -1.36. The standard InChI is InChI=1S/C13H17NO5/c1-3-5-9(2)8-19-11-7-4-6-10(14(17)18)12(11)13(15)16/h4,6-7,9H,3,5,8H2,1-2H3,(H,15,16). The fourth-order valence-corrected chi connectivity index (χ4v) is 1.82. The van der Waals surface area contributed by atoms with E-state index in [-0.39, 0.29) is 11.7 Å². The Morgan fingerprint density at radius 1 is 1.53 bits per heavy atom. The van der Waals surface area contributed by atoms with Gasteiger partial charge in [0.25, 0.3) is 5.69 Å². The largest absolute Gasteiger partial charge is 0.492 e. The number of ether oxygens (including phenoxy) is 1. The highest BCUT2D eigenvalue weighted by Crippen LogP contribution is 2.28. The normalized spacial score (nSPS) is 11.9. The van der Waals surface area contributed by atoms with E-state index in [0.717, 1.165) is 18.9 Å². The van der Waals surface area contributed by atoms with E-state index in [1.807, 2.05) is 13.8 Å². The number of aromatic carboxylic acids is 1. The highest BCUT2D eigenvalue weighted by molar-refractivity contribution is 5.95. The van der Waals surface area contributed by atoms with Crippen molar-refractivity contribution in [3.63, 3.8) is 0 Å². The van der Waals surface area contributed by atoms with Crippen LogP contribution < -0.4 is 4.74 Å². The summed E-state index contributed by atoms with van der Waals surface area (Å²) in [7, 11) is 0. The maximum Gasteiger partial charge on any atom is 0.346 e. The fourth-order valence-electron chi connectivity index (χ4n) is 1.82. The molecule has 1 N–H and O–H groups in total. The van der Waals surface area contributed by atoms with Gasteiger partial charge in [-0.05, 0) is 18.4 Å². The van der Waals surface area contributed by atoms with Gasteiger partial charge in [-0.15, -0.1) is 0 Å². The highest BCUT2D eigenvalue weighted by atomic mass is 16.6. The van der Waals surface area contributed by atoms with E-state index < -0.39 is 22.1 Å². The zero-order valence-electron chi connectivity index (χ0n) is 11.0. The average molecular weight is 267 g/mol. The number of nitro benzene ring substituents is 1. The fraction of sp³-hybridized carbons (Fsp3) is 0.462. The average Bonchev–Trinajstić information content (AvgIpc) is 2.35. The first-order valence-electron chi connectivity index (χ1n) is 6.10. The lowest BCUT2D eigenvalue weighted by Gasteiger charge is -2.13. The van der Waals surface area contributed by atoms with Crippen molar-refractivity contribution < 1.29 is 19.6 Å². The molecule has 1 aromatic rings. The van der Waals surface area contributed by atoms with Crippen LogP contribution in [0.4, 0.5) is 5.69 Å². The summed E-state index contributed by atoms with van der Waals surface area (Å²) in [5.74, 6) is -1.04. The summed E-state index contributed by atoms with van der Waals surface area (Å²) >= 11 is 0. The van der Waals surface area contributed by atoms with Crippen molar-refractivity contribution in [1.29, 1.82) is 0 Å². The summed E-state index contributed by atoms with van der Waals surface area (Å²) in [6.07, 6.45) is 1.96. The smallest absolute Gasteiger partial charge is 0.346 e. The second-order valence-electron chi connectivity index (χ2n) is 4.42. The zero-order valence-corrected chi connectivity index (χ0v) is 11.0. The number of nitro groups is 1. The lowest BCUT2D eigenvalue weighted by atomic mass is 10.1. The van der Waals surface area contributed by atoms with Gasteiger partial charge in [0.2, 0.25) is 0 Å². The Balaban J connectivity index is 2.97. The van der Waals surface area contributed by atoms with Crippen LogP contribution >= 0.6 is 0 Å². The first kappa shape index (κ1) is 14.9. The molecule has 0 aliphatic rings. The molecule has 0 heterocycles. The van der Waals surface area contributed by atoms with Crippen LogP contribution in [0.3, 0.4) is 0 Å². The number of carboxylic acid groups (broad SMARTS) is 1. The van der Waals surface area contributed by atoms with E-state index in [4.69, 9.17) is 9.84 Å². The van der Waals surface area contributed by atoms with Gasteiger partial charge in [0.05, 0.1) is 11.5 Å². The van der Waals surface area contributed by atoms with Gasteiger partial charge < -0.3 is 9.84 Å². The second-order valence-corrected chi connectivity index (χ2v) is 4.42. The number of nitrogens with zero attached hydrogens (tertiary/aromatic N) is 1. The van der Waals surface area contributed by atoms with Gasteiger partial charge in [0.15, 0.2) is 5.56 Å². The van der Waals surface area contributed by atoms with Crippen molar-refractivity contribution >= 4 is 11.7 Å². The second kappa shape index (κ2) is 6.72. The maximum atomic E-state index is 11.1. The van der Waals surface area contributed by atoms with E-state index in [2.05, 4.69) is 0 Å². The maximum absolute atomic E-state index is 11.1. The third kappa shape index (κ3) is 3.94. The SMILES string of the molecule is CCCC(C)COc1cccc([N+](=O)[O-])c1C(=O)O. The molecule has 0 amide bonds. The van der Waals surface area contributed by atoms with Crippen molar-refractivity contribution in [1.82, 2.24) is 0 Å². The molecular formula is C13H17NO5. The lowest BCUT2D eigenvalue weighted by Crippen LogP contribution is -2.12. The molecule has 0 bridgehead atoms. The summed E-state index contributed by atoms with van der Waals surface area (Å²) in [5.41, 5.74) is -0.843. The molecule has 6 nitrogen and oxygen atoms in total. The number of benzene rings is 1. The summed E-state index contributed by atoms with van der Waals surface area (Å²) in [5, 5.41) is 19.9. The zero-order chi connectivity index (χ0) is 14.4. The molecule has 0 aliphatic heterocycles. The van der Waals surface area contributed by atoms with Crippen LogP contribution in [-0.4, -0.2) is 22.6 Å². The van der Waals surface area contributed by atoms with E-state index in [9.17, 15) is 14.9 Å². The highest BCUT2D eigenvalue weighted by Gasteiger charge is 2.24. The quantitative estimate of drug-likeness (QED) is 0.605. The molecule has 1 rings (SSSR count). The summed E-state index contributed by atoms with van der Waals surface area (Å²) in [4.78, 5) is 21.2. The van der Waals surface area contributed by atoms with Crippen molar-refractivity contribution in [2.45, 2.75) is 26.7 Å². The van der Waals surface area contributed by atoms with Crippen molar-refractivity contribution in [3.05, 3.63) is 33.9 Å². The number of carboxylic acids is 1. The van der Waals surface area contributed by atoms with Gasteiger partial charge in [0, 0.05) is 6.07 Å². The molecule has 0 saturated heterocycles. The third-order valence-electron chi connectivity index (χ3n) is 2.72. The van der Waals surface area contributed by atoms with Gasteiger partial charge in [-0.1, -0.05) is 26.3 Å². The number of rotatable bonds is 7. The number of hydrogen-bond donors (Lipinski definition) is 1. The van der Waals surface area contributed by atoms with Crippen LogP contribution in [0.2, 0.25) is 0 Å². The van der Waals surface area contributed by atoms with Gasteiger partial charge in [-0.25, -0.2) is 4.79 Å². The van der Waals surface area contributed by atoms with Gasteiger partial charge in [0.1, 0.15) is 5.75 Å². The lowest BCUT2D eigenvalue weighted by molar-refractivity contribution is -0.385. The Labute approximate surface area is 111 Å². The number of carbonyl (C=O) groups is 1. The molecule has 1 unspecified atom stereocenters. The van der Waals surface area contributed by atoms with Crippen LogP contribution in [0.5, 0.6) is 5.75 Å². The molecule has 0 aromatic heterocycles. The Kier molecular flexibility index (Phi) is 5.29. The first-order valence-corrected chi connectivity index (χ1v) is 6.10. The first-order chi connectivity index (χ1) is 8.97. The predicted octanol–water partition coefficient (Wildman–Crippen LogP) is 3.11. The summed E-state index contributed by atoms with van der Waals surface area (Å²) < 4.78 is 5.42. The Morgan fingerprint density at radius 2 is 2.21 bits per heavy atom. The third-order valence-corrected chi connectivity index (χ3v) is 2.72. The van der Waals surface area contributed by atoms with E-state index in [1.54, 1.807) is 0 Å². The van der Waals surface area contributed by atoms with E-state index >= 15 is 0 Å². The van der Waals surface area contributed by atoms with Gasteiger partial charge >= 0.3 is 5.97 Å². The summed E-state index contributed by atoms with van der Waals surface area (Å²) in [6, 6.07) is 4.02. The van der Waals surface area contributed by atoms with Crippen LogP contribution in [0.15, 0.2) is 18.2 Å². The van der Waals surface area contributed by atoms with Gasteiger partial charge in [-0.3, -0.25) is 10.1 Å². The molecular weight excluding hydrogens is 250 g/mol. The van der Waals surface area contributed by atoms with E-state index in [1.165, 1.54) is 12.1 Å². The topological polar surface area (TPSA) is 89.7 Å². The van der Waals surface area contributed by atoms with Gasteiger partial charge in [-0.2, -0.15) is 0 Å².